The van der Waals surface area contributed by atoms with Crippen LogP contribution in [0.5, 0.6) is 0 Å². The molecule has 20 heavy (non-hydrogen) atoms. The van der Waals surface area contributed by atoms with Crippen LogP contribution in [0.1, 0.15) is 77.0 Å². The molecule has 0 aromatic rings. The standard InChI is InChI=1S/C20H28/c1-13-2-15-3-14(1)8-19(7-13,9-15)20-10-16-4-17(11-20)6-18(5-16)12-20/h13-14,16-17H,1-12H2. The lowest BCUT2D eigenvalue weighted by Gasteiger charge is -2.70. The SMILES string of the molecule is C1[C]2CC3CC1CC(C14C[C]5CC(CC(C5)C1)C4)(C2)C3. The van der Waals surface area contributed by atoms with E-state index < -0.39 is 0 Å². The van der Waals surface area contributed by atoms with Gasteiger partial charge in [-0.1, -0.05) is 0 Å². The van der Waals surface area contributed by atoms with Crippen molar-refractivity contribution in [3.63, 3.8) is 0 Å². The van der Waals surface area contributed by atoms with Gasteiger partial charge in [0.1, 0.15) is 0 Å². The van der Waals surface area contributed by atoms with E-state index in [4.69, 9.17) is 0 Å². The molecule has 0 spiro atoms. The maximum atomic E-state index is 2.02. The van der Waals surface area contributed by atoms with E-state index in [1.54, 1.807) is 51.4 Å². The Morgan fingerprint density at radius 2 is 0.900 bits per heavy atom. The summed E-state index contributed by atoms with van der Waals surface area (Å²) >= 11 is 0. The molecule has 0 aliphatic heterocycles. The van der Waals surface area contributed by atoms with Crippen LogP contribution in [-0.2, 0) is 0 Å². The molecule has 8 bridgehead atoms. The predicted molar refractivity (Wildman–Crippen MR) is 80.7 cm³/mol. The first-order valence-corrected chi connectivity index (χ1v) is 9.39. The van der Waals surface area contributed by atoms with Crippen molar-refractivity contribution in [2.75, 3.05) is 0 Å². The Morgan fingerprint density at radius 1 is 0.550 bits per heavy atom. The van der Waals surface area contributed by atoms with E-state index in [0.717, 1.165) is 34.5 Å². The maximum Gasteiger partial charge on any atom is -0.0230 e. The fourth-order valence-electron chi connectivity index (χ4n) is 8.85. The highest BCUT2D eigenvalue weighted by molar-refractivity contribution is 5.24. The summed E-state index contributed by atoms with van der Waals surface area (Å²) in [5.74, 6) is 8.50. The second-order valence-corrected chi connectivity index (χ2v) is 9.98. The summed E-state index contributed by atoms with van der Waals surface area (Å²) in [5, 5.41) is 0. The normalized spacial score (nSPS) is 60.6. The monoisotopic (exact) mass is 268 g/mol. The Bertz CT molecular complexity index is 332. The molecule has 8 fully saturated rings. The van der Waals surface area contributed by atoms with Crippen molar-refractivity contribution in [1.82, 2.24) is 0 Å². The molecule has 0 heterocycles. The lowest BCUT2D eigenvalue weighted by Crippen LogP contribution is -2.59. The van der Waals surface area contributed by atoms with Crippen LogP contribution in [0, 0.1) is 46.3 Å². The molecule has 8 aliphatic rings. The van der Waals surface area contributed by atoms with Crippen molar-refractivity contribution in [1.29, 1.82) is 0 Å². The van der Waals surface area contributed by atoms with E-state index in [1.807, 2.05) is 11.8 Å². The summed E-state index contributed by atoms with van der Waals surface area (Å²) < 4.78 is 0. The third-order valence-electron chi connectivity index (χ3n) is 8.66. The van der Waals surface area contributed by atoms with Gasteiger partial charge < -0.3 is 0 Å². The zero-order valence-corrected chi connectivity index (χ0v) is 12.8. The molecular weight excluding hydrogens is 240 g/mol. The summed E-state index contributed by atoms with van der Waals surface area (Å²) in [4.78, 5) is 0. The van der Waals surface area contributed by atoms with Gasteiger partial charge in [0.15, 0.2) is 0 Å². The molecule has 0 aromatic carbocycles. The van der Waals surface area contributed by atoms with Crippen LogP contribution >= 0.6 is 0 Å². The fourth-order valence-corrected chi connectivity index (χ4v) is 8.85. The first-order chi connectivity index (χ1) is 9.72. The van der Waals surface area contributed by atoms with Gasteiger partial charge in [0, 0.05) is 0 Å². The van der Waals surface area contributed by atoms with Crippen LogP contribution in [-0.4, -0.2) is 0 Å². The van der Waals surface area contributed by atoms with Crippen molar-refractivity contribution in [2.45, 2.75) is 77.0 Å². The third-order valence-corrected chi connectivity index (χ3v) is 8.66. The van der Waals surface area contributed by atoms with Crippen LogP contribution in [0.15, 0.2) is 0 Å². The molecule has 0 heteroatoms. The first kappa shape index (κ1) is 11.6. The van der Waals surface area contributed by atoms with Crippen LogP contribution in [0.25, 0.3) is 0 Å². The Balaban J connectivity index is 1.44. The number of hydrogen-bond donors (Lipinski definition) is 0. The molecule has 0 aromatic heterocycles. The smallest absolute Gasteiger partial charge is 0.0230 e. The van der Waals surface area contributed by atoms with E-state index in [2.05, 4.69) is 0 Å². The topological polar surface area (TPSA) is 0 Å². The Morgan fingerprint density at radius 3 is 1.20 bits per heavy atom. The summed E-state index contributed by atoms with van der Waals surface area (Å²) in [6, 6.07) is 0. The maximum absolute atomic E-state index is 2.02. The quantitative estimate of drug-likeness (QED) is 0.602. The highest BCUT2D eigenvalue weighted by Gasteiger charge is 2.64. The molecule has 0 amide bonds. The van der Waals surface area contributed by atoms with Gasteiger partial charge in [-0.15, -0.1) is 0 Å². The van der Waals surface area contributed by atoms with Gasteiger partial charge in [-0.3, -0.25) is 0 Å². The summed E-state index contributed by atoms with van der Waals surface area (Å²) in [6.07, 6.45) is 19.1. The lowest BCUT2D eigenvalue weighted by molar-refractivity contribution is -0.155. The molecule has 4 atom stereocenters. The molecule has 0 nitrogen and oxygen atoms in total. The summed E-state index contributed by atoms with van der Waals surface area (Å²) in [7, 11) is 0. The fraction of sp³-hybridized carbons (Fsp3) is 0.900. The van der Waals surface area contributed by atoms with Crippen LogP contribution < -0.4 is 0 Å². The highest BCUT2D eigenvalue weighted by atomic mass is 14.7. The van der Waals surface area contributed by atoms with Gasteiger partial charge in [0.2, 0.25) is 0 Å². The largest absolute Gasteiger partial charge is 0.0475 e. The van der Waals surface area contributed by atoms with Crippen molar-refractivity contribution in [3.8, 4) is 0 Å². The molecule has 0 N–H and O–H groups in total. The number of hydrogen-bond acceptors (Lipinski definition) is 0. The second kappa shape index (κ2) is 3.49. The van der Waals surface area contributed by atoms with E-state index in [-0.39, 0.29) is 0 Å². The van der Waals surface area contributed by atoms with E-state index in [0.29, 0.717) is 0 Å². The van der Waals surface area contributed by atoms with Crippen molar-refractivity contribution >= 4 is 0 Å². The molecule has 108 valence electrons. The van der Waals surface area contributed by atoms with Crippen molar-refractivity contribution < 1.29 is 0 Å². The second-order valence-electron chi connectivity index (χ2n) is 9.98. The van der Waals surface area contributed by atoms with E-state index >= 15 is 0 Å². The zero-order valence-electron chi connectivity index (χ0n) is 12.8. The lowest BCUT2D eigenvalue weighted by atomic mass is 9.35. The molecule has 8 saturated carbocycles. The highest BCUT2D eigenvalue weighted by Crippen LogP contribution is 2.75. The molecule has 8 aliphatic carbocycles. The number of rotatable bonds is 1. The van der Waals surface area contributed by atoms with Crippen LogP contribution in [0.4, 0.5) is 0 Å². The first-order valence-electron chi connectivity index (χ1n) is 9.39. The summed E-state index contributed by atoms with van der Waals surface area (Å²) in [6.45, 7) is 0. The van der Waals surface area contributed by atoms with Crippen molar-refractivity contribution in [2.24, 2.45) is 34.5 Å². The van der Waals surface area contributed by atoms with Gasteiger partial charge in [0.25, 0.3) is 0 Å². The Kier molecular flexibility index (Phi) is 2.02. The summed E-state index contributed by atoms with van der Waals surface area (Å²) in [5.41, 5.74) is 1.60. The van der Waals surface area contributed by atoms with Gasteiger partial charge in [-0.05, 0) is 123 Å². The molecule has 0 saturated heterocycles. The molecule has 8 rings (SSSR count). The minimum absolute atomic E-state index is 0.801. The Hall–Kier alpha value is 0. The predicted octanol–water partition coefficient (Wildman–Crippen LogP) is 5.34. The average Bonchev–Trinajstić information content (AvgIpc) is 2.35. The van der Waals surface area contributed by atoms with Crippen LogP contribution in [0.3, 0.4) is 0 Å². The van der Waals surface area contributed by atoms with Gasteiger partial charge in [-0.2, -0.15) is 0 Å². The molecule has 4 unspecified atom stereocenters. The van der Waals surface area contributed by atoms with Crippen LogP contribution in [0.2, 0.25) is 0 Å². The van der Waals surface area contributed by atoms with Gasteiger partial charge >= 0.3 is 0 Å². The van der Waals surface area contributed by atoms with Gasteiger partial charge in [0.05, 0.1) is 0 Å². The van der Waals surface area contributed by atoms with E-state index in [1.165, 1.54) is 25.7 Å². The zero-order chi connectivity index (χ0) is 12.9. The average molecular weight is 268 g/mol. The Labute approximate surface area is 124 Å². The van der Waals surface area contributed by atoms with Crippen molar-refractivity contribution in [3.05, 3.63) is 11.8 Å². The van der Waals surface area contributed by atoms with Gasteiger partial charge in [-0.25, -0.2) is 0 Å². The minimum atomic E-state index is 0.801. The minimum Gasteiger partial charge on any atom is -0.0475 e. The molecule has 2 radical (unpaired) electrons. The van der Waals surface area contributed by atoms with E-state index in [9.17, 15) is 0 Å². The third kappa shape index (κ3) is 1.31. The molecular formula is C20H28.